The summed E-state index contributed by atoms with van der Waals surface area (Å²) in [6, 6.07) is -0.319. The maximum atomic E-state index is 10.9. The third-order valence-electron chi connectivity index (χ3n) is 24.9. The summed E-state index contributed by atoms with van der Waals surface area (Å²) in [6.07, 6.45) is 42.4. The zero-order valence-corrected chi connectivity index (χ0v) is 61.9. The Morgan fingerprint density at radius 3 is 1.15 bits per heavy atom. The summed E-state index contributed by atoms with van der Waals surface area (Å²) in [6.45, 7) is 24.6. The van der Waals surface area contributed by atoms with Crippen LogP contribution in [0.4, 0.5) is 0 Å². The molecule has 7 N–H and O–H groups in total. The van der Waals surface area contributed by atoms with Crippen molar-refractivity contribution >= 4 is 30.8 Å². The monoisotopic (exact) mass is 1650 g/mol. The molecule has 0 bridgehead atoms. The second-order valence-electron chi connectivity index (χ2n) is 31.0. The van der Waals surface area contributed by atoms with Crippen LogP contribution in [0.5, 0.6) is 0 Å². The third kappa shape index (κ3) is 22.7. The Labute approximate surface area is 571 Å². The van der Waals surface area contributed by atoms with Gasteiger partial charge in [0.25, 0.3) is 5.09 Å². The van der Waals surface area contributed by atoms with Crippen molar-refractivity contribution in [2.24, 2.45) is 92.7 Å². The summed E-state index contributed by atoms with van der Waals surface area (Å²) >= 11 is 3.22. The normalized spacial score (nSPS) is 37.8. The zero-order valence-electron chi connectivity index (χ0n) is 55.8. The molecular weight excluding hydrogens is 1530 g/mol. The molecule has 0 aromatic heterocycles. The van der Waals surface area contributed by atoms with Crippen LogP contribution >= 0.6 is 18.8 Å². The van der Waals surface area contributed by atoms with Crippen LogP contribution in [0.3, 0.4) is 0 Å². The van der Waals surface area contributed by atoms with Crippen LogP contribution < -0.4 is 0 Å². The second kappa shape index (κ2) is 39.5. The van der Waals surface area contributed by atoms with Gasteiger partial charge in [-0.05, 0) is 195 Å². The van der Waals surface area contributed by atoms with E-state index in [1.54, 1.807) is 48.7 Å². The number of carboxylic acids is 2. The first-order valence-electron chi connectivity index (χ1n) is 34.6. The summed E-state index contributed by atoms with van der Waals surface area (Å²) in [4.78, 5) is 30.2. The van der Waals surface area contributed by atoms with Crippen molar-refractivity contribution in [1.82, 2.24) is 0 Å². The summed E-state index contributed by atoms with van der Waals surface area (Å²) in [7, 11) is 9.22. The van der Waals surface area contributed by atoms with E-state index >= 15 is 0 Å². The number of halogens is 2. The van der Waals surface area contributed by atoms with Gasteiger partial charge < -0.3 is 47.8 Å². The number of fused-ring (bicyclic) bond motifs is 10. The smallest absolute Gasteiger partial charge is 0.0548 e. The first-order valence-corrected chi connectivity index (χ1v) is 40.2. The molecule has 10 aliphatic carbocycles. The summed E-state index contributed by atoms with van der Waals surface area (Å²) in [5, 5.41) is 31.6. The quantitative estimate of drug-likeness (QED) is 0.0754. The number of hydrogen-bond donors (Lipinski definition) is 3. The summed E-state index contributed by atoms with van der Waals surface area (Å²) in [5.41, 5.74) is 34.0. The number of aliphatic carboxylic acids is 2. The van der Waals surface area contributed by atoms with Gasteiger partial charge >= 0.3 is 68.3 Å². The largest absolute Gasteiger partial charge is 0.676 e. The molecule has 10 rings (SSSR count). The van der Waals surface area contributed by atoms with Gasteiger partial charge in [-0.3, -0.25) is 0 Å². The van der Waals surface area contributed by atoms with Crippen LogP contribution in [-0.4, -0.2) is 82.0 Å². The first-order chi connectivity index (χ1) is 41.6. The molecule has 526 valence electrons. The maximum Gasteiger partial charge on any atom is -0.0548 e. The minimum Gasteiger partial charge on any atom is -0.676 e. The average Bonchev–Trinajstić information content (AvgIpc) is 1.73. The van der Waals surface area contributed by atoms with Crippen molar-refractivity contribution in [3.05, 3.63) is 56.3 Å². The van der Waals surface area contributed by atoms with Gasteiger partial charge in [0.1, 0.15) is 13.2 Å². The summed E-state index contributed by atoms with van der Waals surface area (Å²) < 4.78 is 11.4. The third-order valence-corrected chi connectivity index (χ3v) is 24.9. The molecule has 8 saturated carbocycles. The van der Waals surface area contributed by atoms with Crippen LogP contribution in [0.25, 0.3) is 22.9 Å². The van der Waals surface area contributed by atoms with E-state index in [9.17, 15) is 9.59 Å². The van der Waals surface area contributed by atoms with Gasteiger partial charge in [-0.1, -0.05) is 190 Å². The van der Waals surface area contributed by atoms with Gasteiger partial charge in [0.2, 0.25) is 0 Å². The minimum absolute atomic E-state index is 0. The Kier molecular flexibility index (Phi) is 36.7. The second-order valence-corrected chi connectivity index (χ2v) is 31.0. The molecule has 0 aliphatic heterocycles. The Balaban J connectivity index is 0.000000338. The van der Waals surface area contributed by atoms with E-state index in [0.29, 0.717) is 21.7 Å². The number of carboxylic acid groups (broad SMARTS) is 2. The van der Waals surface area contributed by atoms with Crippen LogP contribution in [0.1, 0.15) is 269 Å². The van der Waals surface area contributed by atoms with Crippen molar-refractivity contribution in [2.75, 3.05) is 13.2 Å². The average molecular weight is 1650 g/mol. The number of carbonyl (C=O) groups is 2. The van der Waals surface area contributed by atoms with Gasteiger partial charge in [0.05, 0.1) is 12.2 Å². The van der Waals surface area contributed by atoms with E-state index in [0.717, 1.165) is 122 Å². The van der Waals surface area contributed by atoms with Crippen molar-refractivity contribution in [1.29, 1.82) is 0 Å². The molecule has 8 fully saturated rings. The number of nitrogens with zero attached hydrogens (tertiary/aromatic N) is 1. The van der Waals surface area contributed by atoms with Gasteiger partial charge in [-0.15, -0.1) is 10.1 Å². The number of ether oxygens (including phenoxy) is 2. The molecule has 0 spiro atoms. The Bertz CT molecular complexity index is 2000. The van der Waals surface area contributed by atoms with E-state index in [4.69, 9.17) is 57.9 Å². The van der Waals surface area contributed by atoms with Gasteiger partial charge in [-0.2, -0.15) is 24.2 Å². The molecule has 14 nitrogen and oxygen atoms in total. The fourth-order valence-electron chi connectivity index (χ4n) is 20.2. The van der Waals surface area contributed by atoms with E-state index in [2.05, 4.69) is 100 Å². The fourth-order valence-corrected chi connectivity index (χ4v) is 20.2. The van der Waals surface area contributed by atoms with Crippen LogP contribution in [0.15, 0.2) is 23.3 Å². The number of hydrogen-bond acceptors (Lipinski definition) is 6. The van der Waals surface area contributed by atoms with Crippen LogP contribution in [0.2, 0.25) is 0 Å². The molecule has 89 heavy (non-hydrogen) atoms. The van der Waals surface area contributed by atoms with Gasteiger partial charge in [0, 0.05) is 0 Å². The SMILES string of the molecule is C.CC(C)CCC[C@@H](C)[C@H]1CCC2C3CC=C4C[C@@H](OCC(=O)O)CC[C@]4(C)C3CC[C@@]21C.CC(C)CCC[C@@H](C)[C@H]1CCC2C3CC=C4C[C@@H](OCC(=O)O)CC[C@]4(C)C3CC[C@@]21C.O=[N+]([O-])O.[Cl][Pt].[Cl][Pt].[NH-]C1CCCCC1[NH-].[NH-]C1CCCCC1[NH-]. The molecule has 18 heteroatoms. The zero-order chi connectivity index (χ0) is 65.7. The van der Waals surface area contributed by atoms with Gasteiger partial charge in [0.15, 0.2) is 0 Å². The Hall–Kier alpha value is -0.663. The van der Waals surface area contributed by atoms with E-state index in [1.165, 1.54) is 141 Å². The summed E-state index contributed by atoms with van der Waals surface area (Å²) in [5.74, 6) is 8.66. The Morgan fingerprint density at radius 2 is 0.865 bits per heavy atom. The van der Waals surface area contributed by atoms with E-state index in [1.807, 2.05) is 0 Å². The maximum absolute atomic E-state index is 10.9. The van der Waals surface area contributed by atoms with Crippen molar-refractivity contribution < 1.29 is 77.1 Å². The van der Waals surface area contributed by atoms with Crippen molar-refractivity contribution in [2.45, 2.75) is 306 Å². The topological polar surface area (TPSA) is 252 Å². The van der Waals surface area contributed by atoms with Crippen LogP contribution in [-0.2, 0) is 56.6 Å². The molecule has 10 aliphatic rings. The number of allylic oxidation sites excluding steroid dienone is 2. The minimum atomic E-state index is -1.50. The van der Waals surface area contributed by atoms with Crippen molar-refractivity contribution in [3.8, 4) is 0 Å². The molecule has 0 radical (unpaired) electrons. The molecule has 0 heterocycles. The molecular formula is C71H125Cl2N5O9Pt2-4. The molecule has 0 aromatic carbocycles. The number of nitrogens with one attached hydrogen (secondary N) is 4. The Morgan fingerprint density at radius 1 is 0.551 bits per heavy atom. The van der Waals surface area contributed by atoms with Crippen LogP contribution in [0, 0.1) is 103 Å². The predicted molar refractivity (Wildman–Crippen MR) is 357 cm³/mol. The molecule has 10 unspecified atom stereocenters. The fraction of sp³-hybridized carbons (Fsp3) is 0.915. The van der Waals surface area contributed by atoms with Gasteiger partial charge in [-0.25, -0.2) is 9.59 Å². The van der Waals surface area contributed by atoms with E-state index < -0.39 is 17.0 Å². The molecule has 0 amide bonds. The standard InChI is InChI=1S/2C29H48O3.2C6H12N2.CH4.2ClH.HNO3.2Pt/c2*1-19(2)7-6-8-20(3)24-11-12-25-23-10-9-21-17-22(32-18-27(30)31)13-15-28(21,4)26(23)14-16-29(24,25)5;2*7-5-3-1-2-4-6(5)8;;;;2-1(3)4;;/h2*9,19-20,22-26H,6-8,10-18H2,1-5H3,(H,30,31);2*5-8H,1-4H2;1H4;2*1H;(H,2,3,4);;/q;;2*-2;;;;;2*+1/p-2/t2*20-,22+,23?,24-,25?,26?,28+,29-;;;;;;;;/m11......../s1. The number of rotatable bonds is 16. The molecule has 20 atom stereocenters. The predicted octanol–water partition coefficient (Wildman–Crippen LogP) is 21.5. The van der Waals surface area contributed by atoms with Crippen molar-refractivity contribution in [3.63, 3.8) is 0 Å². The van der Waals surface area contributed by atoms with E-state index in [-0.39, 0.29) is 57.0 Å². The molecule has 0 saturated heterocycles. The first kappa shape index (κ1) is 82.6. The molecule has 0 aromatic rings.